The molecule has 31 heavy (non-hydrogen) atoms. The number of aromatic nitrogens is 1. The molecule has 0 saturated heterocycles. The zero-order valence-electron chi connectivity index (χ0n) is 18.1. The van der Waals surface area contributed by atoms with Crippen LogP contribution >= 0.6 is 11.3 Å². The van der Waals surface area contributed by atoms with Crippen molar-refractivity contribution in [3.8, 4) is 0 Å². The van der Waals surface area contributed by atoms with Gasteiger partial charge in [-0.3, -0.25) is 9.59 Å². The maximum atomic E-state index is 13.2. The average Bonchev–Trinajstić information content (AvgIpc) is 3.41. The summed E-state index contributed by atoms with van der Waals surface area (Å²) < 4.78 is 6.46. The highest BCUT2D eigenvalue weighted by molar-refractivity contribution is 7.21. The number of carbonyl (C=O) groups is 2. The normalized spacial score (nSPS) is 18.8. The van der Waals surface area contributed by atoms with Gasteiger partial charge >= 0.3 is 0 Å². The van der Waals surface area contributed by atoms with E-state index >= 15 is 0 Å². The van der Waals surface area contributed by atoms with Gasteiger partial charge in [-0.2, -0.15) is 0 Å². The van der Waals surface area contributed by atoms with Crippen molar-refractivity contribution in [1.82, 2.24) is 15.8 Å². The molecule has 0 spiro atoms. The fraction of sp³-hybridized carbons (Fsp3) is 0.458. The Morgan fingerprint density at radius 2 is 1.94 bits per heavy atom. The number of nitrogens with one attached hydrogen (secondary N) is 2. The fourth-order valence-electron chi connectivity index (χ4n) is 4.44. The van der Waals surface area contributed by atoms with Crippen LogP contribution in [0.25, 0.3) is 10.1 Å². The van der Waals surface area contributed by atoms with Gasteiger partial charge in [0, 0.05) is 24.2 Å². The summed E-state index contributed by atoms with van der Waals surface area (Å²) in [5, 5.41) is 11.2. The number of hydrogen-bond acceptors (Lipinski definition) is 5. The first-order chi connectivity index (χ1) is 15.0. The lowest BCUT2D eigenvalue weighted by atomic mass is 9.77. The van der Waals surface area contributed by atoms with Crippen LogP contribution in [-0.4, -0.2) is 23.5 Å². The SMILES string of the molecule is CCc1cc(CNC(=O)c2sc3ccccc3c2C2CCC(CNC(C)=O)CC2)on1. The second kappa shape index (κ2) is 9.64. The molecule has 0 atom stereocenters. The Bertz CT molecular complexity index is 1060. The number of hydrogen-bond donors (Lipinski definition) is 2. The molecule has 1 saturated carbocycles. The van der Waals surface area contributed by atoms with E-state index < -0.39 is 0 Å². The summed E-state index contributed by atoms with van der Waals surface area (Å²) in [5.74, 6) is 1.53. The number of aryl methyl sites for hydroxylation is 1. The molecule has 0 radical (unpaired) electrons. The van der Waals surface area contributed by atoms with Gasteiger partial charge in [-0.1, -0.05) is 30.3 Å². The highest BCUT2D eigenvalue weighted by Crippen LogP contribution is 2.43. The van der Waals surface area contributed by atoms with Gasteiger partial charge in [0.15, 0.2) is 5.76 Å². The molecule has 2 N–H and O–H groups in total. The molecule has 6 nitrogen and oxygen atoms in total. The van der Waals surface area contributed by atoms with Crippen LogP contribution < -0.4 is 10.6 Å². The topological polar surface area (TPSA) is 84.2 Å². The summed E-state index contributed by atoms with van der Waals surface area (Å²) in [6.45, 7) is 4.67. The van der Waals surface area contributed by atoms with Crippen molar-refractivity contribution in [3.63, 3.8) is 0 Å². The van der Waals surface area contributed by atoms with Crippen LogP contribution in [0, 0.1) is 5.92 Å². The standard InChI is InChI=1S/C24H29N3O3S/c1-3-18-12-19(30-27-18)14-26-24(29)23-22(20-6-4-5-7-21(20)31-23)17-10-8-16(9-11-17)13-25-15(2)28/h4-7,12,16-17H,3,8-11,13-14H2,1-2H3,(H,25,28)(H,26,29). The van der Waals surface area contributed by atoms with Crippen molar-refractivity contribution in [2.24, 2.45) is 5.92 Å². The average molecular weight is 440 g/mol. The second-order valence-corrected chi connectivity index (χ2v) is 9.37. The maximum absolute atomic E-state index is 13.2. The number of carbonyl (C=O) groups excluding carboxylic acids is 2. The Hall–Kier alpha value is -2.67. The van der Waals surface area contributed by atoms with E-state index in [-0.39, 0.29) is 11.8 Å². The molecule has 164 valence electrons. The van der Waals surface area contributed by atoms with Gasteiger partial charge in [0.25, 0.3) is 5.91 Å². The molecular formula is C24H29N3O3S. The minimum absolute atomic E-state index is 0.0303. The zero-order valence-corrected chi connectivity index (χ0v) is 18.9. The molecule has 0 unspecified atom stereocenters. The van der Waals surface area contributed by atoms with Crippen LogP contribution in [0.5, 0.6) is 0 Å². The molecule has 1 aliphatic carbocycles. The lowest BCUT2D eigenvalue weighted by Gasteiger charge is -2.29. The van der Waals surface area contributed by atoms with Gasteiger partial charge < -0.3 is 15.2 Å². The predicted octanol–water partition coefficient (Wildman–Crippen LogP) is 4.79. The van der Waals surface area contributed by atoms with E-state index in [4.69, 9.17) is 4.52 Å². The summed E-state index contributed by atoms with van der Waals surface area (Å²) >= 11 is 1.57. The largest absolute Gasteiger partial charge is 0.359 e. The van der Waals surface area contributed by atoms with Crippen molar-refractivity contribution in [1.29, 1.82) is 0 Å². The van der Waals surface area contributed by atoms with Gasteiger partial charge in [0.05, 0.1) is 17.1 Å². The molecule has 1 aromatic carbocycles. The molecule has 0 aliphatic heterocycles. The summed E-state index contributed by atoms with van der Waals surface area (Å²) in [6.07, 6.45) is 5.01. The van der Waals surface area contributed by atoms with Crippen molar-refractivity contribution in [2.75, 3.05) is 6.54 Å². The summed E-state index contributed by atoms with van der Waals surface area (Å²) in [5.41, 5.74) is 2.07. The molecular weight excluding hydrogens is 410 g/mol. The number of amides is 2. The molecule has 1 aliphatic rings. The minimum atomic E-state index is -0.0500. The third-order valence-corrected chi connectivity index (χ3v) is 7.31. The van der Waals surface area contributed by atoms with Gasteiger partial charge in [-0.05, 0) is 61.0 Å². The van der Waals surface area contributed by atoms with E-state index in [0.717, 1.165) is 53.9 Å². The van der Waals surface area contributed by atoms with Crippen molar-refractivity contribution in [2.45, 2.75) is 58.4 Å². The molecule has 2 amide bonds. The van der Waals surface area contributed by atoms with Crippen molar-refractivity contribution in [3.05, 3.63) is 52.2 Å². The van der Waals surface area contributed by atoms with Crippen LogP contribution in [0.1, 0.15) is 72.1 Å². The smallest absolute Gasteiger partial charge is 0.262 e. The molecule has 7 heteroatoms. The summed E-state index contributed by atoms with van der Waals surface area (Å²) in [7, 11) is 0. The Kier molecular flexibility index (Phi) is 6.70. The molecule has 2 aromatic heterocycles. The quantitative estimate of drug-likeness (QED) is 0.554. The van der Waals surface area contributed by atoms with Crippen LogP contribution in [0.2, 0.25) is 0 Å². The van der Waals surface area contributed by atoms with E-state index in [1.165, 1.54) is 10.9 Å². The second-order valence-electron chi connectivity index (χ2n) is 8.32. The van der Waals surface area contributed by atoms with Gasteiger partial charge in [0.1, 0.15) is 0 Å². The summed E-state index contributed by atoms with van der Waals surface area (Å²) in [4.78, 5) is 25.2. The molecule has 2 heterocycles. The number of benzene rings is 1. The minimum Gasteiger partial charge on any atom is -0.359 e. The monoisotopic (exact) mass is 439 g/mol. The van der Waals surface area contributed by atoms with E-state index in [0.29, 0.717) is 24.1 Å². The van der Waals surface area contributed by atoms with Gasteiger partial charge in [-0.15, -0.1) is 11.3 Å². The molecule has 1 fully saturated rings. The fourth-order valence-corrected chi connectivity index (χ4v) is 5.64. The highest BCUT2D eigenvalue weighted by atomic mass is 32.1. The first-order valence-corrected chi connectivity index (χ1v) is 11.8. The van der Waals surface area contributed by atoms with Crippen LogP contribution in [0.15, 0.2) is 34.9 Å². The van der Waals surface area contributed by atoms with Crippen LogP contribution in [0.4, 0.5) is 0 Å². The number of rotatable bonds is 7. The summed E-state index contributed by atoms with van der Waals surface area (Å²) in [6, 6.07) is 10.2. The van der Waals surface area contributed by atoms with E-state index in [2.05, 4.69) is 27.9 Å². The van der Waals surface area contributed by atoms with Crippen LogP contribution in [-0.2, 0) is 17.8 Å². The molecule has 4 rings (SSSR count). The lowest BCUT2D eigenvalue weighted by Crippen LogP contribution is -2.29. The lowest BCUT2D eigenvalue weighted by molar-refractivity contribution is -0.119. The van der Waals surface area contributed by atoms with Crippen molar-refractivity contribution < 1.29 is 14.1 Å². The first-order valence-electron chi connectivity index (χ1n) is 11.0. The van der Waals surface area contributed by atoms with Gasteiger partial charge in [-0.25, -0.2) is 0 Å². The predicted molar refractivity (Wildman–Crippen MR) is 122 cm³/mol. The maximum Gasteiger partial charge on any atom is 0.262 e. The van der Waals surface area contributed by atoms with E-state index in [9.17, 15) is 9.59 Å². The van der Waals surface area contributed by atoms with E-state index in [1.807, 2.05) is 25.1 Å². The van der Waals surface area contributed by atoms with Gasteiger partial charge in [0.2, 0.25) is 5.91 Å². The van der Waals surface area contributed by atoms with Crippen molar-refractivity contribution >= 4 is 33.2 Å². The Balaban J connectivity index is 1.51. The van der Waals surface area contributed by atoms with E-state index in [1.54, 1.807) is 18.3 Å². The van der Waals surface area contributed by atoms with Crippen LogP contribution in [0.3, 0.4) is 0 Å². The Morgan fingerprint density at radius 1 is 1.16 bits per heavy atom. The Labute approximate surface area is 186 Å². The number of nitrogens with zero attached hydrogens (tertiary/aromatic N) is 1. The molecule has 3 aromatic rings. The number of thiophene rings is 1. The molecule has 0 bridgehead atoms. The number of fused-ring (bicyclic) bond motifs is 1. The highest BCUT2D eigenvalue weighted by Gasteiger charge is 2.29. The zero-order chi connectivity index (χ0) is 21.8. The third kappa shape index (κ3) is 4.98. The first kappa shape index (κ1) is 21.6. The Morgan fingerprint density at radius 3 is 2.65 bits per heavy atom. The third-order valence-electron chi connectivity index (χ3n) is 6.13.